The van der Waals surface area contributed by atoms with Crippen molar-refractivity contribution in [3.63, 3.8) is 0 Å². The summed E-state index contributed by atoms with van der Waals surface area (Å²) in [5.74, 6) is 1.35. The molecule has 31 heteroatoms. The van der Waals surface area contributed by atoms with E-state index in [0.29, 0.717) is 36.1 Å². The van der Waals surface area contributed by atoms with Gasteiger partial charge in [-0.1, -0.05) is 84.1 Å². The number of aromatic nitrogens is 8. The molecule has 28 nitrogen and oxygen atoms in total. The van der Waals surface area contributed by atoms with Crippen molar-refractivity contribution in [3.8, 4) is 0 Å². The van der Waals surface area contributed by atoms with E-state index < -0.39 is 132 Å². The maximum atomic E-state index is 12.7. The fourth-order valence-electron chi connectivity index (χ4n) is 11.0. The first-order valence-electron chi connectivity index (χ1n) is 32.2. The van der Waals surface area contributed by atoms with Gasteiger partial charge >= 0.3 is 22.8 Å². The molecule has 2 saturated carbocycles. The van der Waals surface area contributed by atoms with E-state index in [1.165, 1.54) is 17.0 Å². The number of ether oxygens (including phenoxy) is 4. The molecular weight excluding hydrogens is 1260 g/mol. The minimum absolute atomic E-state index is 0. The van der Waals surface area contributed by atoms with Gasteiger partial charge in [0.1, 0.15) is 61.0 Å². The maximum Gasteiger partial charge on any atom is 0.328 e. The molecule has 0 bridgehead atoms. The van der Waals surface area contributed by atoms with E-state index in [1.54, 1.807) is 10.8 Å². The van der Waals surface area contributed by atoms with Crippen LogP contribution >= 0.6 is 0 Å². The van der Waals surface area contributed by atoms with Gasteiger partial charge < -0.3 is 68.4 Å². The van der Waals surface area contributed by atoms with Crippen LogP contribution in [0.15, 0.2) is 63.1 Å². The van der Waals surface area contributed by atoms with E-state index >= 15 is 0 Å². The summed E-state index contributed by atoms with van der Waals surface area (Å²) in [7, 11) is -5.07. The molecule has 12 N–H and O–H groups in total. The average Bonchev–Trinajstić information content (AvgIpc) is 1.69. The Morgan fingerprint density at radius 2 is 0.830 bits per heavy atom. The Hall–Kier alpha value is -5.40. The van der Waals surface area contributed by atoms with Gasteiger partial charge in [0, 0.05) is 49.7 Å². The van der Waals surface area contributed by atoms with Gasteiger partial charge in [-0.05, 0) is 86.6 Å². The number of hydrogen-bond donors (Lipinski definition) is 12. The minimum atomic E-state index is -2.05. The molecule has 0 spiro atoms. The van der Waals surface area contributed by atoms with Crippen LogP contribution in [0.5, 0.6) is 0 Å². The number of H-pyrrole nitrogens is 6. The largest absolute Gasteiger partial charge is 0.411 e. The fourth-order valence-corrected chi connectivity index (χ4v) is 13.8. The Morgan fingerprint density at radius 1 is 0.532 bits per heavy atom. The van der Waals surface area contributed by atoms with Crippen molar-refractivity contribution in [2.45, 2.75) is 257 Å². The topological polar surface area (TPSA) is 418 Å². The molecule has 0 amide bonds. The Bertz CT molecular complexity index is 3610. The van der Waals surface area contributed by atoms with Crippen LogP contribution in [0.2, 0.25) is 36.3 Å². The van der Waals surface area contributed by atoms with Crippen molar-refractivity contribution in [2.24, 2.45) is 23.7 Å². The van der Waals surface area contributed by atoms with Gasteiger partial charge in [-0.15, -0.1) is 0 Å². The maximum absolute atomic E-state index is 12.7. The van der Waals surface area contributed by atoms with E-state index in [2.05, 4.69) is 120 Å². The molecule has 2 aliphatic carbocycles. The van der Waals surface area contributed by atoms with Crippen LogP contribution in [-0.2, 0) is 40.9 Å². The number of aliphatic hydroxyl groups excluding tert-OH is 6. The molecule has 4 unspecified atom stereocenters. The van der Waals surface area contributed by atoms with Crippen LogP contribution in [0.4, 0.5) is 4.39 Å². The van der Waals surface area contributed by atoms with Crippen LogP contribution < -0.4 is 45.0 Å². The lowest BCUT2D eigenvalue weighted by molar-refractivity contribution is -0.0233. The van der Waals surface area contributed by atoms with Gasteiger partial charge in [0.05, 0.1) is 68.4 Å². The molecule has 4 aromatic rings. The normalized spacial score (nSPS) is 29.2. The Labute approximate surface area is 549 Å². The Balaban J connectivity index is 0.000000267. The number of nitrogens with zero attached hydrogens (tertiary/aromatic N) is 2. The first-order valence-corrected chi connectivity index (χ1v) is 37.3. The van der Waals surface area contributed by atoms with Crippen molar-refractivity contribution in [2.75, 3.05) is 20.4 Å². The second kappa shape index (κ2) is 33.2. The van der Waals surface area contributed by atoms with Gasteiger partial charge in [-0.3, -0.25) is 52.6 Å². The lowest BCUT2D eigenvalue weighted by Crippen LogP contribution is -2.47. The standard InChI is InChI=1S/C21H36N2O4Si.C17H30N2O4Si.C13H18N2O6.C9H12N2O6.CH3F.2CH4/c1-8-16-13(2)17(27-28(6,7)21(3,4)5)18(26-16)15-12-23(11-14-9-10-14)20(25)22-19(15)24;1-8-12-10(2)13(23-24(6,7)17(3,4)5)14(22-12)11-9-18-16(21)19-15(11)20;16-5-8-9(17)10(18)11(21-8)7-4-15(3-6-1-2-6)13(20)14-12(7)19;12-2-4-5(13)6(14)7(17-4)3-1-10-9(16)11-8(3)15;1-2;;/h12-14,16-18H,8-11H2,1-7H3,(H,22,24,25);9-10,12-14H,8H2,1-7H3,(H2,18,19,20,21);4,6,8-11,16-18H,1-3,5H2,(H,14,19,20);1,4-7,12-14H,2H2,(H2,10,11,15,16);1H3;2*1H4/t13?,16-,17+,18+;10?,12-,13+,14+;8-,9?,10+,11+;4-,5?,6+,7+;;;/m1111.../s1/i;;;;1D;;. The highest BCUT2D eigenvalue weighted by Gasteiger charge is 2.52. The number of aliphatic hydroxyl groups is 6. The van der Waals surface area contributed by atoms with Gasteiger partial charge in [-0.2, -0.15) is 0 Å². The molecule has 4 saturated heterocycles. The summed E-state index contributed by atoms with van der Waals surface area (Å²) in [5.41, 5.74) is -3.10. The van der Waals surface area contributed by atoms with Crippen LogP contribution in [0.3, 0.4) is 0 Å². The van der Waals surface area contributed by atoms with Crippen LogP contribution in [-0.4, -0.2) is 168 Å². The molecule has 8 heterocycles. The average molecular weight is 1370 g/mol. The van der Waals surface area contributed by atoms with Crippen LogP contribution in [0, 0.1) is 23.7 Å². The molecule has 0 aromatic carbocycles. The first-order chi connectivity index (χ1) is 43.4. The molecular formula is C63H107FN8O20Si2. The van der Waals surface area contributed by atoms with Gasteiger partial charge in [-0.25, -0.2) is 19.2 Å². The van der Waals surface area contributed by atoms with E-state index in [0.717, 1.165) is 44.7 Å². The second-order valence-electron chi connectivity index (χ2n) is 27.9. The van der Waals surface area contributed by atoms with Crippen molar-refractivity contribution in [1.82, 2.24) is 39.0 Å². The smallest absolute Gasteiger partial charge is 0.328 e. The molecule has 6 fully saturated rings. The zero-order valence-electron chi connectivity index (χ0n) is 56.2. The molecule has 6 aliphatic rings. The monoisotopic (exact) mass is 1370 g/mol. The molecule has 10 rings (SSSR count). The van der Waals surface area contributed by atoms with Gasteiger partial charge in [0.25, 0.3) is 22.2 Å². The summed E-state index contributed by atoms with van der Waals surface area (Å²) in [5, 5.41) is 57.0. The summed E-state index contributed by atoms with van der Waals surface area (Å²) < 4.78 is 54.9. The SMILES string of the molecule is C.C.CC[C@H]1O[C@@H](c2c[nH]c(=O)[nH]c2=O)[C@@H](O[Si](C)(C)C(C)(C)C)C1C.CC[C@H]1O[C@@H](c2cn(CC3CC3)c(=O)[nH]c2=O)[C@@H](O[Si](C)(C)C(C)(C)C)C1C.O=c1[nH]c(=O)n(CC2CC2)cc1[C@@H]1O[C@H](CO)C(O)[C@@H]1O.O=c1[nH]cc([C@@H]2O[C@H](CO)C(O)[C@@H]2O)c(=O)[nH]1.[2H]CF. The van der Waals surface area contributed by atoms with E-state index in [9.17, 15) is 63.2 Å². The lowest BCUT2D eigenvalue weighted by atomic mass is 9.95. The highest BCUT2D eigenvalue weighted by molar-refractivity contribution is 6.74. The Morgan fingerprint density at radius 3 is 1.13 bits per heavy atom. The number of aromatic amines is 6. The predicted molar refractivity (Wildman–Crippen MR) is 356 cm³/mol. The van der Waals surface area contributed by atoms with E-state index in [4.69, 9.17) is 39.4 Å². The molecule has 94 heavy (non-hydrogen) atoms. The van der Waals surface area contributed by atoms with Crippen molar-refractivity contribution in [3.05, 3.63) is 130 Å². The molecule has 534 valence electrons. The third-order valence-corrected chi connectivity index (χ3v) is 28.1. The zero-order chi connectivity index (χ0) is 69.6. The van der Waals surface area contributed by atoms with Crippen LogP contribution in [0.1, 0.15) is 171 Å². The van der Waals surface area contributed by atoms with Crippen molar-refractivity contribution in [1.29, 1.82) is 0 Å². The van der Waals surface area contributed by atoms with Crippen LogP contribution in [0.25, 0.3) is 0 Å². The van der Waals surface area contributed by atoms with Crippen molar-refractivity contribution >= 4 is 16.6 Å². The molecule has 0 radical (unpaired) electrons. The second-order valence-corrected chi connectivity index (χ2v) is 37.4. The number of halogens is 1. The number of nitrogens with one attached hydrogen (secondary N) is 6. The quantitative estimate of drug-likeness (QED) is 0.0707. The zero-order valence-corrected chi connectivity index (χ0v) is 57.2. The summed E-state index contributed by atoms with van der Waals surface area (Å²) in [6, 6.07) is 0. The summed E-state index contributed by atoms with van der Waals surface area (Å²) in [6.07, 6.45) is 1.33. The minimum Gasteiger partial charge on any atom is -0.411 e. The fraction of sp³-hybridized carbons (Fsp3) is 0.746. The summed E-state index contributed by atoms with van der Waals surface area (Å²) >= 11 is 0. The van der Waals surface area contributed by atoms with Gasteiger partial charge in [0.2, 0.25) is 0 Å². The highest BCUT2D eigenvalue weighted by atomic mass is 28.4. The first kappa shape index (κ1) is 79.3. The Kier molecular flexibility index (Phi) is 28.0. The summed E-state index contributed by atoms with van der Waals surface area (Å²) in [4.78, 5) is 108. The van der Waals surface area contributed by atoms with E-state index in [1.807, 2.05) is 4.98 Å². The molecule has 4 aliphatic heterocycles. The number of alkyl halides is 1. The highest BCUT2D eigenvalue weighted by Crippen LogP contribution is 2.47. The molecule has 16 atom stereocenters. The van der Waals surface area contributed by atoms with E-state index in [-0.39, 0.29) is 83.6 Å². The summed E-state index contributed by atoms with van der Waals surface area (Å²) in [6.45, 7) is 30.8. The predicted octanol–water partition coefficient (Wildman–Crippen LogP) is 3.94. The number of rotatable bonds is 16. The third kappa shape index (κ3) is 19.0. The molecule has 4 aromatic heterocycles. The third-order valence-electron chi connectivity index (χ3n) is 19.1. The lowest BCUT2D eigenvalue weighted by Gasteiger charge is -2.40. The number of hydrogen-bond acceptors (Lipinski definition) is 20. The van der Waals surface area contributed by atoms with Crippen molar-refractivity contribution < 1.29 is 64.2 Å². The van der Waals surface area contributed by atoms with Gasteiger partial charge in [0.15, 0.2) is 16.6 Å².